The zero-order valence-corrected chi connectivity index (χ0v) is 77.1. The highest BCUT2D eigenvalue weighted by Crippen LogP contribution is 2.56. The maximum Gasteiger partial charge on any atom is 0.0491 e. The molecule has 0 N–H and O–H groups in total. The van der Waals surface area contributed by atoms with E-state index in [9.17, 15) is 0 Å². The van der Waals surface area contributed by atoms with Gasteiger partial charge in [-0.3, -0.25) is 0 Å². The summed E-state index contributed by atoms with van der Waals surface area (Å²) in [7, 11) is 0. The van der Waals surface area contributed by atoms with Crippen molar-refractivity contribution in [1.82, 2.24) is 0 Å². The second-order valence-electron chi connectivity index (χ2n) is 37.3. The summed E-state index contributed by atoms with van der Waals surface area (Å²) in [5, 5.41) is 0. The van der Waals surface area contributed by atoms with Crippen LogP contribution < -0.4 is 14.7 Å². The fraction of sp³-hybridized carbons (Fsp3) is 0.0840. The van der Waals surface area contributed by atoms with Crippen LogP contribution in [-0.4, -0.2) is 0 Å². The van der Waals surface area contributed by atoms with Gasteiger partial charge in [0.15, 0.2) is 0 Å². The van der Waals surface area contributed by atoms with Gasteiger partial charge in [-0.2, -0.15) is 0 Å². The average molecular weight is 1720 g/mol. The molecule has 0 atom stereocenters. The second kappa shape index (κ2) is 35.9. The Morgan fingerprint density at radius 1 is 0.134 bits per heavy atom. The van der Waals surface area contributed by atoms with Gasteiger partial charge in [0.1, 0.15) is 0 Å². The summed E-state index contributed by atoms with van der Waals surface area (Å²) in [5.74, 6) is 0. The van der Waals surface area contributed by atoms with E-state index in [1.165, 1.54) is 190 Å². The Hall–Kier alpha value is -16.2. The van der Waals surface area contributed by atoms with Crippen LogP contribution in [0.1, 0.15) is 86.1 Å². The first-order chi connectivity index (χ1) is 65.5. The van der Waals surface area contributed by atoms with Crippen LogP contribution in [0, 0.1) is 13.8 Å². The van der Waals surface area contributed by atoms with E-state index in [1.807, 2.05) is 0 Å². The molecule has 0 radical (unpaired) electrons. The molecule has 20 aromatic rings. The number of hydrogen-bond acceptors (Lipinski definition) is 3. The van der Waals surface area contributed by atoms with Gasteiger partial charge in [0.2, 0.25) is 0 Å². The lowest BCUT2D eigenvalue weighted by atomic mass is 9.82. The van der Waals surface area contributed by atoms with Crippen molar-refractivity contribution in [1.29, 1.82) is 0 Å². The lowest BCUT2D eigenvalue weighted by Crippen LogP contribution is -2.17. The number of anilines is 9. The summed E-state index contributed by atoms with van der Waals surface area (Å²) in [6, 6.07) is 178. The van der Waals surface area contributed by atoms with Gasteiger partial charge in [-0.25, -0.2) is 0 Å². The van der Waals surface area contributed by atoms with Crippen molar-refractivity contribution < 1.29 is 0 Å². The first kappa shape index (κ1) is 84.6. The molecule has 134 heavy (non-hydrogen) atoms. The lowest BCUT2D eigenvalue weighted by molar-refractivity contribution is 0.660. The van der Waals surface area contributed by atoms with Crippen LogP contribution in [0.4, 0.5) is 51.2 Å². The minimum absolute atomic E-state index is 0.0585. The van der Waals surface area contributed by atoms with Gasteiger partial charge >= 0.3 is 0 Å². The smallest absolute Gasteiger partial charge is 0.0491 e. The molecule has 0 heterocycles. The third kappa shape index (κ3) is 16.3. The van der Waals surface area contributed by atoms with E-state index in [2.05, 4.69) is 561 Å². The molecular weight excluding hydrogens is 1620 g/mol. The summed E-state index contributed by atoms with van der Waals surface area (Å²) in [5.41, 5.74) is 48.5. The summed E-state index contributed by atoms with van der Waals surface area (Å²) in [4.78, 5) is 7.23. The van der Waals surface area contributed by atoms with Gasteiger partial charge in [-0.15, -0.1) is 0 Å². The van der Waals surface area contributed by atoms with E-state index in [0.29, 0.717) is 0 Å². The predicted octanol–water partition coefficient (Wildman–Crippen LogP) is 36.3. The molecule has 644 valence electrons. The molecule has 0 fully saturated rings. The molecule has 3 aliphatic carbocycles. The third-order valence-corrected chi connectivity index (χ3v) is 27.9. The minimum Gasteiger partial charge on any atom is -0.310 e. The van der Waals surface area contributed by atoms with Gasteiger partial charge in [0.25, 0.3) is 0 Å². The van der Waals surface area contributed by atoms with E-state index in [-0.39, 0.29) is 16.2 Å². The van der Waals surface area contributed by atoms with Crippen LogP contribution in [0.3, 0.4) is 0 Å². The fourth-order valence-electron chi connectivity index (χ4n) is 20.7. The van der Waals surface area contributed by atoms with E-state index in [4.69, 9.17) is 0 Å². The van der Waals surface area contributed by atoms with Crippen LogP contribution in [0.25, 0.3) is 122 Å². The molecule has 0 bridgehead atoms. The Labute approximate surface area is 790 Å². The maximum atomic E-state index is 2.43. The van der Waals surface area contributed by atoms with Crippen LogP contribution in [0.5, 0.6) is 0 Å². The van der Waals surface area contributed by atoms with E-state index in [1.54, 1.807) is 0 Å². The Balaban J connectivity index is 0.000000122. The van der Waals surface area contributed by atoms with Gasteiger partial charge in [-0.05, 0) is 290 Å². The molecule has 3 heteroatoms. The summed E-state index contributed by atoms with van der Waals surface area (Å²) >= 11 is 0. The number of hydrogen-bond donors (Lipinski definition) is 0. The highest BCUT2D eigenvalue weighted by molar-refractivity contribution is 5.92. The van der Waals surface area contributed by atoms with Gasteiger partial charge < -0.3 is 14.7 Å². The largest absolute Gasteiger partial charge is 0.310 e. The molecule has 0 amide bonds. The average Bonchev–Trinajstić information content (AvgIpc) is 1.58. The van der Waals surface area contributed by atoms with Crippen molar-refractivity contribution >= 4 is 51.2 Å². The molecule has 3 nitrogen and oxygen atoms in total. The van der Waals surface area contributed by atoms with Gasteiger partial charge in [-0.1, -0.05) is 424 Å². The van der Waals surface area contributed by atoms with Crippen molar-refractivity contribution in [2.45, 2.75) is 71.6 Å². The van der Waals surface area contributed by atoms with E-state index in [0.717, 1.165) is 28.4 Å². The van der Waals surface area contributed by atoms with Crippen LogP contribution in [0.15, 0.2) is 491 Å². The molecular formula is C131H105N3. The van der Waals surface area contributed by atoms with E-state index >= 15 is 0 Å². The first-order valence-corrected chi connectivity index (χ1v) is 46.8. The van der Waals surface area contributed by atoms with Crippen molar-refractivity contribution in [3.8, 4) is 122 Å². The maximum absolute atomic E-state index is 2.43. The molecule has 20 aromatic carbocycles. The van der Waals surface area contributed by atoms with Crippen molar-refractivity contribution in [3.05, 3.63) is 536 Å². The number of rotatable bonds is 17. The minimum atomic E-state index is -0.0842. The standard InChI is InChI=1S/C51H39N.2C40H33N/c1-51(2)49-16-10-9-15-47(49)48-34-33-46(35-50(48)51)52(44-29-25-42(26-30-44)40-21-17-38(18-22-40)36-11-5-3-6-12-36)45-31-27-43(28-32-45)41-23-19-39(20-24-41)37-13-7-4-8-14-37;1-28-25-32(30-15-8-5-9-16-30)21-24-39(28)41(33-18-12-17-31(26-33)29-13-6-4-7-14-29)34-22-23-36-35-19-10-11-20-37(35)40(2,3)38(36)27-34;1-28-26-32(30-14-8-5-9-15-30)20-25-39(28)41(33-21-18-31(19-22-33)29-12-6-4-7-13-29)34-23-24-36-35-16-10-11-17-37(35)40(2,3)38(36)27-34/h3-35H,1-2H3;2*4-27H,1-3H3. The summed E-state index contributed by atoms with van der Waals surface area (Å²) in [6.07, 6.45) is 0. The molecule has 0 aromatic heterocycles. The number of nitrogens with zero attached hydrogens (tertiary/aromatic N) is 3. The van der Waals surface area contributed by atoms with Crippen molar-refractivity contribution in [2.24, 2.45) is 0 Å². The molecule has 0 unspecified atom stereocenters. The Bertz CT molecular complexity index is 7510. The summed E-state index contributed by atoms with van der Waals surface area (Å²) in [6.45, 7) is 18.5. The van der Waals surface area contributed by atoms with Crippen molar-refractivity contribution in [2.75, 3.05) is 14.7 Å². The van der Waals surface area contributed by atoms with Crippen LogP contribution in [0.2, 0.25) is 0 Å². The normalized spacial score (nSPS) is 12.8. The Kier molecular flexibility index (Phi) is 22.7. The number of fused-ring (bicyclic) bond motifs is 9. The Morgan fingerprint density at radius 3 is 0.619 bits per heavy atom. The molecule has 0 aliphatic heterocycles. The predicted molar refractivity (Wildman–Crippen MR) is 569 cm³/mol. The van der Waals surface area contributed by atoms with Crippen LogP contribution >= 0.6 is 0 Å². The molecule has 3 aliphatic rings. The monoisotopic (exact) mass is 1720 g/mol. The van der Waals surface area contributed by atoms with Gasteiger partial charge in [0, 0.05) is 67.4 Å². The second-order valence-corrected chi connectivity index (χ2v) is 37.3. The molecule has 23 rings (SSSR count). The first-order valence-electron chi connectivity index (χ1n) is 46.8. The zero-order valence-electron chi connectivity index (χ0n) is 77.1. The Morgan fingerprint density at radius 2 is 0.328 bits per heavy atom. The van der Waals surface area contributed by atoms with Gasteiger partial charge in [0.05, 0.1) is 0 Å². The number of aryl methyl sites for hydroxylation is 2. The molecule has 0 spiro atoms. The van der Waals surface area contributed by atoms with Crippen molar-refractivity contribution in [3.63, 3.8) is 0 Å². The summed E-state index contributed by atoms with van der Waals surface area (Å²) < 4.78 is 0. The highest BCUT2D eigenvalue weighted by Gasteiger charge is 2.39. The number of benzene rings is 20. The zero-order chi connectivity index (χ0) is 91.0. The van der Waals surface area contributed by atoms with E-state index < -0.39 is 0 Å². The quantitative estimate of drug-likeness (QED) is 0.0900. The fourth-order valence-corrected chi connectivity index (χ4v) is 20.7. The molecule has 0 saturated heterocycles. The topological polar surface area (TPSA) is 9.72 Å². The highest BCUT2D eigenvalue weighted by atomic mass is 15.2. The lowest BCUT2D eigenvalue weighted by Gasteiger charge is -2.30. The SMILES string of the molecule is CC1(C)c2ccccc2-c2ccc(N(c3ccc(-c4ccc(-c5ccccc5)cc4)cc3)c3ccc(-c4ccc(-c5ccccc5)cc4)cc3)cc21.Cc1cc(-c2ccccc2)ccc1N(c1ccc(-c2ccccc2)cc1)c1ccc2c(c1)C(C)(C)c1ccccc1-2.Cc1cc(-c2ccccc2)ccc1N(c1cccc(-c2ccccc2)c1)c1ccc2c(c1)C(C)(C)c1ccccc1-2. The van der Waals surface area contributed by atoms with Crippen LogP contribution in [-0.2, 0) is 16.2 Å². The third-order valence-electron chi connectivity index (χ3n) is 27.9. The molecule has 0 saturated carbocycles.